The molecule has 2 atom stereocenters. The highest BCUT2D eigenvalue weighted by atomic mass is 35.5. The van der Waals surface area contributed by atoms with Gasteiger partial charge in [0.1, 0.15) is 23.3 Å². The van der Waals surface area contributed by atoms with Crippen molar-refractivity contribution in [1.82, 2.24) is 82.9 Å². The van der Waals surface area contributed by atoms with Gasteiger partial charge in [-0.05, 0) is 32.7 Å². The maximum atomic E-state index is 14.2. The first kappa shape index (κ1) is 50.3. The fraction of sp³-hybridized carbons (Fsp3) is 0.618. The normalized spacial score (nSPS) is 24.0. The molecule has 0 aromatic carbocycles. The number of amidine groups is 2. The predicted octanol–water partition coefficient (Wildman–Crippen LogP) is -4.00. The number of piperidine rings is 2. The molecule has 0 spiro atoms. The number of hydrazine groups is 6. The second-order valence-corrected chi connectivity index (χ2v) is 16.4. The summed E-state index contributed by atoms with van der Waals surface area (Å²) in [6, 6.07) is 0. The van der Waals surface area contributed by atoms with Gasteiger partial charge in [0.2, 0.25) is 5.95 Å². The van der Waals surface area contributed by atoms with E-state index in [0.717, 1.165) is 37.8 Å². The molecular formula is C34H55Cl2F3N23O4. The minimum Gasteiger partial charge on any atom is -0.475 e. The lowest BCUT2D eigenvalue weighted by Crippen LogP contribution is -2.62. The number of halogens is 5. The first-order chi connectivity index (χ1) is 31.4. The Labute approximate surface area is 387 Å². The standard InChI is InChI=1S/C32H54Cl2N23O2.C2HF3O2/c1-39-49-42-16-53-17-43-50-41-15-40-30-23(34)57(21(31(53)59)25(36)45-30)55-9-5-19(6-10-55)29-46-28(47-32(48-29)52-13-11-51(2)12-14-52)18-3-7-54(8-4-18)56-20(27(38)58)24(35)44-26(37)22(56)33;3-2(4,5)1(6)7/h18-19,22-23,39,41-43,49-50H,1,3-17,35-36H2,2H3,(H2,37,44)(H2,38,58)(H,40,45);(H,6,7). The molecule has 8 rings (SSSR count). The van der Waals surface area contributed by atoms with Gasteiger partial charge in [0.25, 0.3) is 11.8 Å². The molecule has 0 aliphatic carbocycles. The molecule has 16 N–H and O–H groups in total. The van der Waals surface area contributed by atoms with E-state index in [1.165, 1.54) is 4.90 Å². The molecule has 4 fully saturated rings. The summed E-state index contributed by atoms with van der Waals surface area (Å²) in [7, 11) is 5.63. The van der Waals surface area contributed by atoms with Gasteiger partial charge in [0.15, 0.2) is 34.0 Å². The number of hydrogen-bond acceptors (Lipinski definition) is 24. The van der Waals surface area contributed by atoms with Crippen molar-refractivity contribution in [2.75, 3.05) is 84.3 Å². The van der Waals surface area contributed by atoms with Gasteiger partial charge in [-0.2, -0.15) is 34.2 Å². The van der Waals surface area contributed by atoms with Crippen LogP contribution in [0.4, 0.5) is 19.1 Å². The number of carbonyl (C=O) groups is 3. The Bertz CT molecular complexity index is 2040. The van der Waals surface area contributed by atoms with Gasteiger partial charge in [-0.25, -0.2) is 51.5 Å². The number of carboxylic acids is 1. The summed E-state index contributed by atoms with van der Waals surface area (Å²) < 4.78 is 31.7. The molecule has 7 aliphatic rings. The van der Waals surface area contributed by atoms with Crippen LogP contribution in [0.5, 0.6) is 0 Å². The molecule has 1 radical (unpaired) electrons. The first-order valence-corrected chi connectivity index (χ1v) is 21.6. The van der Waals surface area contributed by atoms with Crippen LogP contribution >= 0.6 is 23.2 Å². The van der Waals surface area contributed by atoms with Crippen LogP contribution in [0.3, 0.4) is 0 Å². The van der Waals surface area contributed by atoms with Crippen molar-refractivity contribution in [2.24, 2.45) is 32.9 Å². The Morgan fingerprint density at radius 3 is 1.98 bits per heavy atom. The smallest absolute Gasteiger partial charge is 0.475 e. The summed E-state index contributed by atoms with van der Waals surface area (Å²) in [5.74, 6) is -1.36. The largest absolute Gasteiger partial charge is 0.490 e. The molecule has 7 aliphatic heterocycles. The van der Waals surface area contributed by atoms with Gasteiger partial charge < -0.3 is 48.1 Å². The van der Waals surface area contributed by atoms with Gasteiger partial charge in [-0.3, -0.25) is 19.6 Å². The fourth-order valence-corrected chi connectivity index (χ4v) is 8.45. The van der Waals surface area contributed by atoms with Crippen molar-refractivity contribution in [1.29, 1.82) is 0 Å². The number of piperazine rings is 1. The number of aliphatic imine (C=N–C) groups is 2. The van der Waals surface area contributed by atoms with Crippen LogP contribution in [0, 0.1) is 7.05 Å². The van der Waals surface area contributed by atoms with Gasteiger partial charge in [-0.1, -0.05) is 23.2 Å². The average molecular weight is 978 g/mol. The van der Waals surface area contributed by atoms with Crippen molar-refractivity contribution >= 4 is 58.6 Å². The van der Waals surface area contributed by atoms with Crippen molar-refractivity contribution in [3.05, 3.63) is 41.7 Å². The number of primary amides is 1. The van der Waals surface area contributed by atoms with E-state index in [9.17, 15) is 22.8 Å². The molecule has 32 heteroatoms. The molecule has 8 heterocycles. The molecule has 2 bridgehead atoms. The number of carbonyl (C=O) groups excluding carboxylic acids is 2. The van der Waals surface area contributed by atoms with Gasteiger partial charge in [0.05, 0.1) is 20.0 Å². The average Bonchev–Trinajstić information content (AvgIpc) is 3.28. The number of aliphatic carboxylic acids is 1. The maximum absolute atomic E-state index is 14.2. The zero-order valence-corrected chi connectivity index (χ0v) is 37.4. The van der Waals surface area contributed by atoms with Crippen LogP contribution in [0.25, 0.3) is 0 Å². The van der Waals surface area contributed by atoms with E-state index in [-0.39, 0.29) is 60.7 Å². The zero-order chi connectivity index (χ0) is 47.9. The number of nitrogens with zero attached hydrogens (tertiary/aromatic N) is 12. The topological polar surface area (TPSA) is 346 Å². The van der Waals surface area contributed by atoms with Crippen LogP contribution in [-0.4, -0.2) is 176 Å². The number of likely N-dealkylation sites (N-methyl/N-ethyl adjacent to an activating group) is 1. The number of rotatable bonds is 10. The monoisotopic (exact) mass is 976 g/mol. The number of fused-ring (bicyclic) bond motifs is 9. The Hall–Kier alpha value is -5.15. The number of nitrogens with one attached hydrogen (secondary N) is 7. The number of alkyl halides is 5. The molecular weight excluding hydrogens is 922 g/mol. The fourth-order valence-electron chi connectivity index (χ4n) is 7.84. The van der Waals surface area contributed by atoms with Gasteiger partial charge in [-0.15, -0.1) is 0 Å². The Morgan fingerprint density at radius 2 is 1.44 bits per heavy atom. The summed E-state index contributed by atoms with van der Waals surface area (Å²) in [5, 5.41) is 17.5. The highest BCUT2D eigenvalue weighted by Crippen LogP contribution is 2.35. The zero-order valence-electron chi connectivity index (χ0n) is 35.9. The Kier molecular flexibility index (Phi) is 16.8. The lowest BCUT2D eigenvalue weighted by atomic mass is 9.94. The predicted molar refractivity (Wildman–Crippen MR) is 233 cm³/mol. The summed E-state index contributed by atoms with van der Waals surface area (Å²) in [4.78, 5) is 65.4. The molecule has 1 aromatic heterocycles. The van der Waals surface area contributed by atoms with Crippen molar-refractivity contribution in [3.8, 4) is 0 Å². The molecule has 2 unspecified atom stereocenters. The summed E-state index contributed by atoms with van der Waals surface area (Å²) in [6.45, 7) is 5.88. The number of hydrogen-bond donors (Lipinski definition) is 12. The SMILES string of the molecule is O=C(O)C(F)(F)F.[CH2]NNNCN1CNNNCNC2=NC(N)=C(C1=O)N(N1CCC(c3nc(C4CCN(N5C(C(N)=O)=C(N)N=C(N)C5Cl)CC4)nc(N4CCN(C)CC4)n3)CC1)C2Cl. The molecule has 0 saturated carbocycles. The number of carboxylic acid groups (broad SMARTS) is 1. The third kappa shape index (κ3) is 11.9. The molecule has 365 valence electrons. The van der Waals surface area contributed by atoms with E-state index in [1.54, 1.807) is 10.0 Å². The summed E-state index contributed by atoms with van der Waals surface area (Å²) in [6.07, 6.45) is -2.42. The van der Waals surface area contributed by atoms with Crippen molar-refractivity contribution < 1.29 is 32.7 Å². The Morgan fingerprint density at radius 1 is 0.864 bits per heavy atom. The first-order valence-electron chi connectivity index (χ1n) is 20.7. The molecule has 2 amide bonds. The van der Waals surface area contributed by atoms with E-state index in [0.29, 0.717) is 63.6 Å². The summed E-state index contributed by atoms with van der Waals surface area (Å²) >= 11 is 13.8. The quantitative estimate of drug-likeness (QED) is 0.0460. The summed E-state index contributed by atoms with van der Waals surface area (Å²) in [5.41, 5.74) is 39.6. The van der Waals surface area contributed by atoms with E-state index in [4.69, 9.17) is 71.0 Å². The van der Waals surface area contributed by atoms with Crippen LogP contribution in [0.15, 0.2) is 33.0 Å². The van der Waals surface area contributed by atoms with Crippen LogP contribution in [-0.2, 0) is 14.4 Å². The highest BCUT2D eigenvalue weighted by Gasteiger charge is 2.42. The molecule has 66 heavy (non-hydrogen) atoms. The lowest BCUT2D eigenvalue weighted by Gasteiger charge is -2.46. The van der Waals surface area contributed by atoms with Crippen LogP contribution in [0.1, 0.15) is 49.2 Å². The van der Waals surface area contributed by atoms with E-state index in [2.05, 4.69) is 72.0 Å². The second-order valence-electron chi connectivity index (χ2n) is 15.6. The second kappa shape index (κ2) is 22.1. The maximum Gasteiger partial charge on any atom is 0.490 e. The third-order valence-electron chi connectivity index (χ3n) is 11.3. The van der Waals surface area contributed by atoms with E-state index in [1.807, 2.05) is 10.0 Å². The van der Waals surface area contributed by atoms with E-state index >= 15 is 0 Å². The van der Waals surface area contributed by atoms with Crippen molar-refractivity contribution in [2.45, 2.75) is 54.7 Å². The number of anilines is 1. The van der Waals surface area contributed by atoms with E-state index < -0.39 is 35.0 Å². The van der Waals surface area contributed by atoms with Crippen molar-refractivity contribution in [3.63, 3.8) is 0 Å². The van der Waals surface area contributed by atoms with Crippen LogP contribution < -0.4 is 65.9 Å². The Balaban J connectivity index is 0.000000952. The van der Waals surface area contributed by atoms with Gasteiger partial charge >= 0.3 is 12.1 Å². The lowest BCUT2D eigenvalue weighted by molar-refractivity contribution is -0.192. The van der Waals surface area contributed by atoms with Crippen LogP contribution in [0.2, 0.25) is 0 Å². The number of amides is 2. The molecule has 4 saturated heterocycles. The minimum atomic E-state index is -5.08. The number of aromatic nitrogens is 3. The minimum absolute atomic E-state index is 0.00233. The number of nitrogens with two attached hydrogens (primary N) is 4. The molecule has 27 nitrogen and oxygen atoms in total. The highest BCUT2D eigenvalue weighted by molar-refractivity contribution is 6.32. The molecule has 1 aromatic rings. The van der Waals surface area contributed by atoms with Gasteiger partial charge in [0, 0.05) is 71.2 Å². The third-order valence-corrected chi connectivity index (χ3v) is 12.1.